The van der Waals surface area contributed by atoms with E-state index in [1.54, 1.807) is 12.5 Å². The van der Waals surface area contributed by atoms with Gasteiger partial charge in [0.15, 0.2) is 5.69 Å². The first-order valence-corrected chi connectivity index (χ1v) is 4.29. The fraction of sp³-hybridized carbons (Fsp3) is 0.222. The molecule has 0 spiro atoms. The van der Waals surface area contributed by atoms with Crippen LogP contribution in [0, 0.1) is 0 Å². The molecule has 0 aromatic carbocycles. The summed E-state index contributed by atoms with van der Waals surface area (Å²) in [5.41, 5.74) is 1.15. The molecule has 0 aliphatic rings. The fourth-order valence-corrected chi connectivity index (χ4v) is 1.14. The molecule has 0 amide bonds. The molecular formula is C9H9N3O3. The Hall–Kier alpha value is -2.11. The minimum absolute atomic E-state index is 0.195. The lowest BCUT2D eigenvalue weighted by molar-refractivity contribution is 0.0594. The number of nitrogens with zero attached hydrogens (tertiary/aromatic N) is 3. The van der Waals surface area contributed by atoms with Crippen LogP contribution >= 0.6 is 0 Å². The number of hydrogen-bond acceptors (Lipinski definition) is 5. The number of methoxy groups -OCH3 is 1. The van der Waals surface area contributed by atoms with Crippen molar-refractivity contribution in [3.05, 3.63) is 36.0 Å². The van der Waals surface area contributed by atoms with Crippen molar-refractivity contribution in [2.24, 2.45) is 0 Å². The van der Waals surface area contributed by atoms with Gasteiger partial charge in [-0.2, -0.15) is 0 Å². The number of carbonyl (C=O) groups excluding carboxylic acids is 1. The Morgan fingerprint density at radius 3 is 3.20 bits per heavy atom. The highest BCUT2D eigenvalue weighted by Crippen LogP contribution is 2.03. The molecule has 0 N–H and O–H groups in total. The number of hydrogen-bond donors (Lipinski definition) is 0. The summed E-state index contributed by atoms with van der Waals surface area (Å²) >= 11 is 0. The number of ether oxygens (including phenoxy) is 1. The zero-order chi connectivity index (χ0) is 10.7. The Kier molecular flexibility index (Phi) is 2.49. The minimum Gasteiger partial charge on any atom is -0.472 e. The van der Waals surface area contributed by atoms with Crippen molar-refractivity contribution in [3.63, 3.8) is 0 Å². The van der Waals surface area contributed by atoms with Gasteiger partial charge in [0.05, 0.1) is 32.4 Å². The third-order valence-corrected chi connectivity index (χ3v) is 1.86. The zero-order valence-corrected chi connectivity index (χ0v) is 8.08. The molecule has 6 heteroatoms. The molecule has 78 valence electrons. The molecule has 0 aliphatic heterocycles. The molecule has 0 fully saturated rings. The van der Waals surface area contributed by atoms with E-state index >= 15 is 0 Å². The van der Waals surface area contributed by atoms with Crippen LogP contribution < -0.4 is 0 Å². The van der Waals surface area contributed by atoms with Gasteiger partial charge in [0.25, 0.3) is 0 Å². The fourth-order valence-electron chi connectivity index (χ4n) is 1.14. The summed E-state index contributed by atoms with van der Waals surface area (Å²) in [7, 11) is 1.30. The van der Waals surface area contributed by atoms with Crippen LogP contribution in [0.25, 0.3) is 0 Å². The van der Waals surface area contributed by atoms with Crippen LogP contribution in [0.1, 0.15) is 16.1 Å². The standard InChI is InChI=1S/C9H9N3O3/c1-14-9(13)8-5-12(11-10-8)4-7-2-3-15-6-7/h2-3,5-6H,4H2,1H3. The maximum atomic E-state index is 11.1. The van der Waals surface area contributed by atoms with Crippen LogP contribution in [0.4, 0.5) is 0 Å². The van der Waals surface area contributed by atoms with Crippen LogP contribution in [0.2, 0.25) is 0 Å². The summed E-state index contributed by atoms with van der Waals surface area (Å²) in [5, 5.41) is 7.46. The molecule has 2 heterocycles. The lowest BCUT2D eigenvalue weighted by Crippen LogP contribution is -2.01. The Balaban J connectivity index is 2.11. The van der Waals surface area contributed by atoms with E-state index in [0.717, 1.165) is 5.56 Å². The molecule has 0 bridgehead atoms. The molecule has 0 unspecified atom stereocenters. The summed E-state index contributed by atoms with van der Waals surface area (Å²) in [6.45, 7) is 0.514. The molecule has 0 aliphatic carbocycles. The largest absolute Gasteiger partial charge is 0.472 e. The Morgan fingerprint density at radius 2 is 2.53 bits per heavy atom. The van der Waals surface area contributed by atoms with Crippen LogP contribution in [-0.2, 0) is 11.3 Å². The molecular weight excluding hydrogens is 198 g/mol. The second-order valence-corrected chi connectivity index (χ2v) is 2.92. The first-order chi connectivity index (χ1) is 7.29. The third kappa shape index (κ3) is 2.04. The normalized spacial score (nSPS) is 10.2. The van der Waals surface area contributed by atoms with E-state index in [1.807, 2.05) is 6.07 Å². The SMILES string of the molecule is COC(=O)c1cn(Cc2ccoc2)nn1. The molecule has 0 saturated heterocycles. The van der Waals surface area contributed by atoms with E-state index in [0.29, 0.717) is 6.54 Å². The monoisotopic (exact) mass is 207 g/mol. The quantitative estimate of drug-likeness (QED) is 0.693. The van der Waals surface area contributed by atoms with E-state index in [-0.39, 0.29) is 5.69 Å². The van der Waals surface area contributed by atoms with Crippen LogP contribution in [0.5, 0.6) is 0 Å². The predicted molar refractivity (Wildman–Crippen MR) is 49.2 cm³/mol. The van der Waals surface area contributed by atoms with Crippen molar-refractivity contribution in [1.29, 1.82) is 0 Å². The number of carbonyl (C=O) groups is 1. The molecule has 0 radical (unpaired) electrons. The summed E-state index contributed by atoms with van der Waals surface area (Å²) < 4.78 is 11.0. The van der Waals surface area contributed by atoms with Gasteiger partial charge >= 0.3 is 5.97 Å². The number of esters is 1. The van der Waals surface area contributed by atoms with E-state index in [4.69, 9.17) is 4.42 Å². The van der Waals surface area contributed by atoms with Crippen molar-refractivity contribution >= 4 is 5.97 Å². The zero-order valence-electron chi connectivity index (χ0n) is 8.08. The van der Waals surface area contributed by atoms with Gasteiger partial charge in [0, 0.05) is 5.56 Å². The first kappa shape index (κ1) is 9.45. The van der Waals surface area contributed by atoms with Crippen molar-refractivity contribution in [2.75, 3.05) is 7.11 Å². The van der Waals surface area contributed by atoms with Gasteiger partial charge in [-0.1, -0.05) is 5.21 Å². The van der Waals surface area contributed by atoms with Crippen molar-refractivity contribution in [1.82, 2.24) is 15.0 Å². The van der Waals surface area contributed by atoms with Gasteiger partial charge < -0.3 is 9.15 Å². The third-order valence-electron chi connectivity index (χ3n) is 1.86. The second-order valence-electron chi connectivity index (χ2n) is 2.92. The Labute approximate surface area is 85.4 Å². The van der Waals surface area contributed by atoms with E-state index in [9.17, 15) is 4.79 Å². The second kappa shape index (κ2) is 3.95. The van der Waals surface area contributed by atoms with E-state index in [2.05, 4.69) is 15.0 Å². The average molecular weight is 207 g/mol. The first-order valence-electron chi connectivity index (χ1n) is 4.29. The van der Waals surface area contributed by atoms with Gasteiger partial charge in [-0.25, -0.2) is 9.48 Å². The maximum Gasteiger partial charge on any atom is 0.360 e. The number of furan rings is 1. The highest BCUT2D eigenvalue weighted by Gasteiger charge is 2.10. The van der Waals surface area contributed by atoms with Gasteiger partial charge in [-0.05, 0) is 6.07 Å². The summed E-state index contributed by atoms with van der Waals surface area (Å²) in [6.07, 6.45) is 4.71. The van der Waals surface area contributed by atoms with Crippen LogP contribution in [-0.4, -0.2) is 28.1 Å². The predicted octanol–water partition coefficient (Wildman–Crippen LogP) is 0.706. The molecule has 2 rings (SSSR count). The molecule has 2 aromatic heterocycles. The van der Waals surface area contributed by atoms with E-state index < -0.39 is 5.97 Å². The highest BCUT2D eigenvalue weighted by atomic mass is 16.5. The maximum absolute atomic E-state index is 11.1. The molecule has 6 nitrogen and oxygen atoms in total. The number of aromatic nitrogens is 3. The Morgan fingerprint density at radius 1 is 1.67 bits per heavy atom. The average Bonchev–Trinajstić information content (AvgIpc) is 2.88. The molecule has 0 atom stereocenters. The van der Waals surface area contributed by atoms with Gasteiger partial charge in [-0.3, -0.25) is 0 Å². The molecule has 2 aromatic rings. The van der Waals surface area contributed by atoms with Crippen LogP contribution in [0.3, 0.4) is 0 Å². The molecule has 15 heavy (non-hydrogen) atoms. The van der Waals surface area contributed by atoms with Crippen molar-refractivity contribution in [3.8, 4) is 0 Å². The lowest BCUT2D eigenvalue weighted by atomic mass is 10.3. The Bertz CT molecular complexity index is 447. The highest BCUT2D eigenvalue weighted by molar-refractivity contribution is 5.86. The summed E-state index contributed by atoms with van der Waals surface area (Å²) in [4.78, 5) is 11.1. The van der Waals surface area contributed by atoms with Gasteiger partial charge in [0.2, 0.25) is 0 Å². The summed E-state index contributed by atoms with van der Waals surface area (Å²) in [5.74, 6) is -0.492. The minimum atomic E-state index is -0.492. The summed E-state index contributed by atoms with van der Waals surface area (Å²) in [6, 6.07) is 1.82. The smallest absolute Gasteiger partial charge is 0.360 e. The number of rotatable bonds is 3. The topological polar surface area (TPSA) is 70.2 Å². The van der Waals surface area contributed by atoms with E-state index in [1.165, 1.54) is 18.0 Å². The molecule has 0 saturated carbocycles. The van der Waals surface area contributed by atoms with Gasteiger partial charge in [0.1, 0.15) is 0 Å². The lowest BCUT2D eigenvalue weighted by Gasteiger charge is -1.94. The van der Waals surface area contributed by atoms with Crippen molar-refractivity contribution in [2.45, 2.75) is 6.54 Å². The van der Waals surface area contributed by atoms with Crippen LogP contribution in [0.15, 0.2) is 29.2 Å². The van der Waals surface area contributed by atoms with Gasteiger partial charge in [-0.15, -0.1) is 5.10 Å². The van der Waals surface area contributed by atoms with Crippen molar-refractivity contribution < 1.29 is 13.9 Å².